The molecule has 19 heavy (non-hydrogen) atoms. The van der Waals surface area contributed by atoms with Crippen molar-refractivity contribution in [1.82, 2.24) is 14.5 Å². The van der Waals surface area contributed by atoms with E-state index in [9.17, 15) is 0 Å². The number of rotatable bonds is 1. The smallest absolute Gasteiger partial charge is 0.183 e. The highest BCUT2D eigenvalue weighted by molar-refractivity contribution is 7.71. The molecule has 4 heteroatoms. The number of H-pyrrole nitrogens is 1. The molecule has 3 aromatic rings. The lowest BCUT2D eigenvalue weighted by Gasteiger charge is -2.07. The highest BCUT2D eigenvalue weighted by Crippen LogP contribution is 2.20. The molecule has 0 fully saturated rings. The number of fused-ring (bicyclic) bond motifs is 1. The van der Waals surface area contributed by atoms with Crippen LogP contribution in [-0.4, -0.2) is 14.5 Å². The Kier molecular flexibility index (Phi) is 2.75. The van der Waals surface area contributed by atoms with E-state index in [-0.39, 0.29) is 0 Å². The molecule has 3 rings (SSSR count). The Bertz CT molecular complexity index is 807. The van der Waals surface area contributed by atoms with Crippen LogP contribution in [0.5, 0.6) is 0 Å². The summed E-state index contributed by atoms with van der Waals surface area (Å²) in [4.78, 5) is 7.80. The van der Waals surface area contributed by atoms with Crippen LogP contribution in [0, 0.1) is 25.5 Å². The van der Waals surface area contributed by atoms with Crippen molar-refractivity contribution in [2.45, 2.75) is 20.8 Å². The monoisotopic (exact) mass is 269 g/mol. The molecule has 96 valence electrons. The van der Waals surface area contributed by atoms with Crippen molar-refractivity contribution < 1.29 is 0 Å². The number of nitrogens with zero attached hydrogens (tertiary/aromatic N) is 2. The summed E-state index contributed by atoms with van der Waals surface area (Å²) in [5, 5.41) is 0. The molecule has 0 saturated carbocycles. The topological polar surface area (TPSA) is 33.6 Å². The molecular weight excluding hydrogens is 254 g/mol. The lowest BCUT2D eigenvalue weighted by molar-refractivity contribution is 1.03. The third-order valence-electron chi connectivity index (χ3n) is 3.14. The van der Waals surface area contributed by atoms with Crippen LogP contribution in [0.4, 0.5) is 0 Å². The number of aryl methyl sites for hydroxylation is 3. The molecular formula is C15H15N3S. The maximum atomic E-state index is 5.43. The Morgan fingerprint density at radius 2 is 1.74 bits per heavy atom. The number of aromatic nitrogens is 3. The first kappa shape index (κ1) is 12.1. The Morgan fingerprint density at radius 1 is 1.05 bits per heavy atom. The molecule has 0 spiro atoms. The number of benzene rings is 1. The Balaban J connectivity index is 2.38. The van der Waals surface area contributed by atoms with Gasteiger partial charge < -0.3 is 4.98 Å². The summed E-state index contributed by atoms with van der Waals surface area (Å²) in [5.74, 6) is 0. The summed E-state index contributed by atoms with van der Waals surface area (Å²) >= 11 is 5.43. The van der Waals surface area contributed by atoms with Crippen molar-refractivity contribution in [2.75, 3.05) is 0 Å². The number of aromatic amines is 1. The van der Waals surface area contributed by atoms with Gasteiger partial charge in [-0.15, -0.1) is 0 Å². The van der Waals surface area contributed by atoms with Crippen LogP contribution in [0.15, 0.2) is 30.3 Å². The summed E-state index contributed by atoms with van der Waals surface area (Å²) in [7, 11) is 0. The first-order valence-electron chi connectivity index (χ1n) is 6.21. The average molecular weight is 269 g/mol. The van der Waals surface area contributed by atoms with Crippen molar-refractivity contribution in [2.24, 2.45) is 0 Å². The van der Waals surface area contributed by atoms with Gasteiger partial charge >= 0.3 is 0 Å². The van der Waals surface area contributed by atoms with Gasteiger partial charge in [-0.3, -0.25) is 4.57 Å². The summed E-state index contributed by atoms with van der Waals surface area (Å²) in [6.07, 6.45) is 0. The molecule has 0 radical (unpaired) electrons. The molecule has 0 aliphatic heterocycles. The maximum absolute atomic E-state index is 5.43. The third-order valence-corrected chi connectivity index (χ3v) is 3.42. The van der Waals surface area contributed by atoms with Gasteiger partial charge in [-0.2, -0.15) is 0 Å². The SMILES string of the molecule is Cc1cc(C)cc(-n2c(=S)[nH]c3ccc(C)nc32)c1. The van der Waals surface area contributed by atoms with E-state index in [0.717, 1.165) is 22.5 Å². The van der Waals surface area contributed by atoms with E-state index in [1.165, 1.54) is 11.1 Å². The summed E-state index contributed by atoms with van der Waals surface area (Å²) in [6.45, 7) is 6.17. The van der Waals surface area contributed by atoms with Gasteiger partial charge in [0.2, 0.25) is 0 Å². The molecule has 1 aromatic carbocycles. The van der Waals surface area contributed by atoms with E-state index in [4.69, 9.17) is 12.2 Å². The van der Waals surface area contributed by atoms with Gasteiger partial charge in [0.25, 0.3) is 0 Å². The fourth-order valence-electron chi connectivity index (χ4n) is 2.40. The Labute approximate surface area is 116 Å². The summed E-state index contributed by atoms with van der Waals surface area (Å²) in [6, 6.07) is 10.4. The van der Waals surface area contributed by atoms with Crippen molar-refractivity contribution in [3.05, 3.63) is 51.9 Å². The first-order chi connectivity index (χ1) is 9.04. The highest BCUT2D eigenvalue weighted by Gasteiger charge is 2.08. The summed E-state index contributed by atoms with van der Waals surface area (Å²) < 4.78 is 2.68. The second-order valence-corrected chi connectivity index (χ2v) is 5.32. The molecule has 0 aliphatic carbocycles. The Morgan fingerprint density at radius 3 is 2.42 bits per heavy atom. The van der Waals surface area contributed by atoms with E-state index >= 15 is 0 Å². The minimum Gasteiger partial charge on any atom is -0.329 e. The second kappa shape index (κ2) is 4.31. The number of hydrogen-bond donors (Lipinski definition) is 1. The molecule has 3 nitrogen and oxygen atoms in total. The predicted octanol–water partition coefficient (Wildman–Crippen LogP) is 4.01. The largest absolute Gasteiger partial charge is 0.329 e. The average Bonchev–Trinajstić information content (AvgIpc) is 2.63. The molecule has 2 aromatic heterocycles. The molecule has 0 aliphatic rings. The molecule has 0 atom stereocenters. The number of imidazole rings is 1. The van der Waals surface area contributed by atoms with E-state index in [2.05, 4.69) is 42.0 Å². The van der Waals surface area contributed by atoms with Crippen LogP contribution in [0.1, 0.15) is 16.8 Å². The molecule has 0 amide bonds. The van der Waals surface area contributed by atoms with E-state index in [1.54, 1.807) is 0 Å². The fraction of sp³-hybridized carbons (Fsp3) is 0.200. The molecule has 2 heterocycles. The number of pyridine rings is 1. The summed E-state index contributed by atoms with van der Waals surface area (Å²) in [5.41, 5.74) is 6.34. The van der Waals surface area contributed by atoms with Crippen LogP contribution >= 0.6 is 12.2 Å². The molecule has 0 saturated heterocycles. The van der Waals surface area contributed by atoms with Gasteiger partial charge in [-0.1, -0.05) is 6.07 Å². The predicted molar refractivity (Wildman–Crippen MR) is 80.5 cm³/mol. The van der Waals surface area contributed by atoms with Crippen LogP contribution < -0.4 is 0 Å². The van der Waals surface area contributed by atoms with Crippen molar-refractivity contribution >= 4 is 23.4 Å². The lowest BCUT2D eigenvalue weighted by atomic mass is 10.1. The fourth-order valence-corrected chi connectivity index (χ4v) is 2.70. The van der Waals surface area contributed by atoms with E-state index in [0.29, 0.717) is 4.77 Å². The zero-order valence-electron chi connectivity index (χ0n) is 11.2. The van der Waals surface area contributed by atoms with Crippen LogP contribution in [0.25, 0.3) is 16.9 Å². The number of hydrogen-bond acceptors (Lipinski definition) is 2. The normalized spacial score (nSPS) is 11.1. The zero-order valence-corrected chi connectivity index (χ0v) is 12.0. The number of nitrogens with one attached hydrogen (secondary N) is 1. The third kappa shape index (κ3) is 2.08. The van der Waals surface area contributed by atoms with Gasteiger partial charge in [-0.05, 0) is 68.4 Å². The molecule has 0 bridgehead atoms. The maximum Gasteiger partial charge on any atom is 0.183 e. The molecule has 0 unspecified atom stereocenters. The zero-order chi connectivity index (χ0) is 13.6. The highest BCUT2D eigenvalue weighted by atomic mass is 32.1. The molecule has 1 N–H and O–H groups in total. The van der Waals surface area contributed by atoms with E-state index < -0.39 is 0 Å². The van der Waals surface area contributed by atoms with E-state index in [1.807, 2.05) is 23.6 Å². The van der Waals surface area contributed by atoms with Gasteiger partial charge in [0, 0.05) is 5.69 Å². The minimum absolute atomic E-state index is 0.679. The first-order valence-corrected chi connectivity index (χ1v) is 6.62. The van der Waals surface area contributed by atoms with Crippen molar-refractivity contribution in [1.29, 1.82) is 0 Å². The van der Waals surface area contributed by atoms with Gasteiger partial charge in [0.1, 0.15) is 0 Å². The van der Waals surface area contributed by atoms with Crippen molar-refractivity contribution in [3.63, 3.8) is 0 Å². The van der Waals surface area contributed by atoms with Crippen LogP contribution in [-0.2, 0) is 0 Å². The van der Waals surface area contributed by atoms with Gasteiger partial charge in [0.05, 0.1) is 11.2 Å². The quantitative estimate of drug-likeness (QED) is 0.677. The minimum atomic E-state index is 0.679. The Hall–Kier alpha value is -1.94. The van der Waals surface area contributed by atoms with Crippen LogP contribution in [0.3, 0.4) is 0 Å². The standard InChI is InChI=1S/C15H15N3S/c1-9-6-10(2)8-12(7-9)18-14-13(17-15(18)19)5-4-11(3)16-14/h4-8H,1-3H3,(H,17,19). The van der Waals surface area contributed by atoms with Crippen LogP contribution in [0.2, 0.25) is 0 Å². The lowest BCUT2D eigenvalue weighted by Crippen LogP contribution is -1.97. The second-order valence-electron chi connectivity index (χ2n) is 4.94. The van der Waals surface area contributed by atoms with Crippen molar-refractivity contribution in [3.8, 4) is 5.69 Å². The van der Waals surface area contributed by atoms with Gasteiger partial charge in [0.15, 0.2) is 10.4 Å². The van der Waals surface area contributed by atoms with Gasteiger partial charge in [-0.25, -0.2) is 4.98 Å².